The molecule has 0 bridgehead atoms. The molecule has 1 aromatic carbocycles. The summed E-state index contributed by atoms with van der Waals surface area (Å²) in [5.41, 5.74) is 6.90. The Bertz CT molecular complexity index is 413. The van der Waals surface area contributed by atoms with Crippen molar-refractivity contribution in [1.29, 1.82) is 0 Å². The maximum Gasteiger partial charge on any atom is 0.123 e. The normalized spacial score (nSPS) is 26.3. The van der Waals surface area contributed by atoms with Crippen LogP contribution in [0.15, 0.2) is 24.3 Å². The summed E-state index contributed by atoms with van der Waals surface area (Å²) in [6.45, 7) is 6.28. The third-order valence-corrected chi connectivity index (χ3v) is 3.84. The van der Waals surface area contributed by atoms with E-state index in [-0.39, 0.29) is 18.0 Å². The molecule has 0 spiro atoms. The lowest BCUT2D eigenvalue weighted by atomic mass is 10.0. The van der Waals surface area contributed by atoms with Crippen LogP contribution in [0, 0.1) is 5.82 Å². The molecule has 1 aliphatic rings. The standard InChI is InChI=1S/C15H23FN2O/c1-3-14-10-19-11(2)9-18(14)15(8-17)12-5-4-6-13(16)7-12/h4-7,11,14-15H,3,8-10,17H2,1-2H3. The summed E-state index contributed by atoms with van der Waals surface area (Å²) in [4.78, 5) is 2.36. The average Bonchev–Trinajstić information content (AvgIpc) is 2.40. The highest BCUT2D eigenvalue weighted by Gasteiger charge is 2.31. The molecule has 0 radical (unpaired) electrons. The molecule has 0 amide bonds. The molecule has 2 rings (SSSR count). The SMILES string of the molecule is CCC1COC(C)CN1C(CN)c1cccc(F)c1. The van der Waals surface area contributed by atoms with Gasteiger partial charge in [0.1, 0.15) is 5.82 Å². The lowest BCUT2D eigenvalue weighted by Gasteiger charge is -2.43. The molecule has 3 atom stereocenters. The summed E-state index contributed by atoms with van der Waals surface area (Å²) < 4.78 is 19.1. The third kappa shape index (κ3) is 3.32. The van der Waals surface area contributed by atoms with Crippen molar-refractivity contribution in [2.45, 2.75) is 38.5 Å². The first kappa shape index (κ1) is 14.4. The molecule has 1 aromatic rings. The number of ether oxygens (including phenoxy) is 1. The van der Waals surface area contributed by atoms with Gasteiger partial charge in [0.05, 0.1) is 12.7 Å². The van der Waals surface area contributed by atoms with Gasteiger partial charge in [-0.3, -0.25) is 4.90 Å². The summed E-state index contributed by atoms with van der Waals surface area (Å²) in [5.74, 6) is -0.203. The van der Waals surface area contributed by atoms with Crippen LogP contribution in [-0.4, -0.2) is 36.7 Å². The Morgan fingerprint density at radius 1 is 1.53 bits per heavy atom. The fourth-order valence-electron chi connectivity index (χ4n) is 2.78. The van der Waals surface area contributed by atoms with E-state index in [1.165, 1.54) is 6.07 Å². The van der Waals surface area contributed by atoms with Crippen LogP contribution >= 0.6 is 0 Å². The minimum atomic E-state index is -0.203. The Morgan fingerprint density at radius 2 is 2.32 bits per heavy atom. The zero-order chi connectivity index (χ0) is 13.8. The van der Waals surface area contributed by atoms with Crippen LogP contribution in [0.25, 0.3) is 0 Å². The van der Waals surface area contributed by atoms with E-state index in [1.54, 1.807) is 12.1 Å². The van der Waals surface area contributed by atoms with Crippen LogP contribution in [0.4, 0.5) is 4.39 Å². The smallest absolute Gasteiger partial charge is 0.123 e. The molecule has 1 saturated heterocycles. The molecule has 106 valence electrons. The molecule has 1 aliphatic heterocycles. The Morgan fingerprint density at radius 3 is 2.95 bits per heavy atom. The topological polar surface area (TPSA) is 38.5 Å². The Hall–Kier alpha value is -0.970. The van der Waals surface area contributed by atoms with Gasteiger partial charge in [0.25, 0.3) is 0 Å². The van der Waals surface area contributed by atoms with Crippen molar-refractivity contribution in [2.24, 2.45) is 5.73 Å². The average molecular weight is 266 g/mol. The highest BCUT2D eigenvalue weighted by Crippen LogP contribution is 2.27. The number of halogens is 1. The van der Waals surface area contributed by atoms with E-state index in [9.17, 15) is 4.39 Å². The second kappa shape index (κ2) is 6.46. The van der Waals surface area contributed by atoms with Crippen LogP contribution in [0.1, 0.15) is 31.9 Å². The fraction of sp³-hybridized carbons (Fsp3) is 0.600. The molecule has 4 heteroatoms. The molecule has 2 N–H and O–H groups in total. The van der Waals surface area contributed by atoms with Gasteiger partial charge in [-0.2, -0.15) is 0 Å². The summed E-state index contributed by atoms with van der Waals surface area (Å²) in [7, 11) is 0. The van der Waals surface area contributed by atoms with E-state index in [0.717, 1.165) is 25.1 Å². The quantitative estimate of drug-likeness (QED) is 0.909. The minimum absolute atomic E-state index is 0.0620. The number of nitrogens with zero attached hydrogens (tertiary/aromatic N) is 1. The number of rotatable bonds is 4. The number of nitrogens with two attached hydrogens (primary N) is 1. The van der Waals surface area contributed by atoms with Gasteiger partial charge in [0.2, 0.25) is 0 Å². The van der Waals surface area contributed by atoms with E-state index in [2.05, 4.69) is 18.7 Å². The van der Waals surface area contributed by atoms with Gasteiger partial charge >= 0.3 is 0 Å². The van der Waals surface area contributed by atoms with E-state index < -0.39 is 0 Å². The van der Waals surface area contributed by atoms with Gasteiger partial charge in [-0.05, 0) is 31.0 Å². The molecular formula is C15H23FN2O. The van der Waals surface area contributed by atoms with Crippen molar-refractivity contribution in [1.82, 2.24) is 4.90 Å². The van der Waals surface area contributed by atoms with E-state index in [1.807, 2.05) is 6.07 Å². The number of morpholine rings is 1. The predicted molar refractivity (Wildman–Crippen MR) is 74.4 cm³/mol. The zero-order valence-electron chi connectivity index (χ0n) is 11.7. The summed E-state index contributed by atoms with van der Waals surface area (Å²) in [5, 5.41) is 0. The maximum atomic E-state index is 13.4. The Kier molecular flexibility index (Phi) is 4.91. The van der Waals surface area contributed by atoms with Gasteiger partial charge in [0, 0.05) is 25.2 Å². The van der Waals surface area contributed by atoms with Crippen LogP contribution < -0.4 is 5.73 Å². The Labute approximate surface area is 114 Å². The van der Waals surface area contributed by atoms with Gasteiger partial charge < -0.3 is 10.5 Å². The third-order valence-electron chi connectivity index (χ3n) is 3.84. The summed E-state index contributed by atoms with van der Waals surface area (Å²) in [6, 6.07) is 7.17. The lowest BCUT2D eigenvalue weighted by molar-refractivity contribution is -0.0719. The van der Waals surface area contributed by atoms with E-state index in [4.69, 9.17) is 10.5 Å². The number of hydrogen-bond acceptors (Lipinski definition) is 3. The van der Waals surface area contributed by atoms with Crippen molar-refractivity contribution in [3.8, 4) is 0 Å². The number of hydrogen-bond donors (Lipinski definition) is 1. The molecule has 0 aromatic heterocycles. The maximum absolute atomic E-state index is 13.4. The molecule has 0 aliphatic carbocycles. The van der Waals surface area contributed by atoms with Gasteiger partial charge in [0.15, 0.2) is 0 Å². The van der Waals surface area contributed by atoms with Gasteiger partial charge in [-0.15, -0.1) is 0 Å². The van der Waals surface area contributed by atoms with Gasteiger partial charge in [-0.1, -0.05) is 19.1 Å². The van der Waals surface area contributed by atoms with E-state index in [0.29, 0.717) is 12.6 Å². The lowest BCUT2D eigenvalue weighted by Crippen LogP contribution is -2.51. The highest BCUT2D eigenvalue weighted by atomic mass is 19.1. The van der Waals surface area contributed by atoms with Crippen LogP contribution in [0.5, 0.6) is 0 Å². The van der Waals surface area contributed by atoms with Gasteiger partial charge in [-0.25, -0.2) is 4.39 Å². The molecule has 1 heterocycles. The first-order valence-corrected chi connectivity index (χ1v) is 6.98. The molecule has 3 nitrogen and oxygen atoms in total. The fourth-order valence-corrected chi connectivity index (χ4v) is 2.78. The number of benzene rings is 1. The molecule has 3 unspecified atom stereocenters. The summed E-state index contributed by atoms with van der Waals surface area (Å²) >= 11 is 0. The van der Waals surface area contributed by atoms with Crippen LogP contribution in [0.3, 0.4) is 0 Å². The monoisotopic (exact) mass is 266 g/mol. The van der Waals surface area contributed by atoms with Crippen LogP contribution in [-0.2, 0) is 4.74 Å². The highest BCUT2D eigenvalue weighted by molar-refractivity contribution is 5.21. The molecular weight excluding hydrogens is 243 g/mol. The van der Waals surface area contributed by atoms with E-state index >= 15 is 0 Å². The summed E-state index contributed by atoms with van der Waals surface area (Å²) in [6.07, 6.45) is 1.21. The molecule has 0 saturated carbocycles. The minimum Gasteiger partial charge on any atom is -0.376 e. The van der Waals surface area contributed by atoms with Crippen molar-refractivity contribution < 1.29 is 9.13 Å². The van der Waals surface area contributed by atoms with Crippen molar-refractivity contribution in [3.05, 3.63) is 35.6 Å². The second-order valence-corrected chi connectivity index (χ2v) is 5.21. The largest absolute Gasteiger partial charge is 0.376 e. The van der Waals surface area contributed by atoms with Crippen LogP contribution in [0.2, 0.25) is 0 Å². The Balaban J connectivity index is 2.23. The van der Waals surface area contributed by atoms with Crippen molar-refractivity contribution >= 4 is 0 Å². The first-order valence-electron chi connectivity index (χ1n) is 6.98. The van der Waals surface area contributed by atoms with Crippen molar-refractivity contribution in [3.63, 3.8) is 0 Å². The molecule has 1 fully saturated rings. The first-order chi connectivity index (χ1) is 9.15. The van der Waals surface area contributed by atoms with Crippen molar-refractivity contribution in [2.75, 3.05) is 19.7 Å². The second-order valence-electron chi connectivity index (χ2n) is 5.21. The zero-order valence-corrected chi connectivity index (χ0v) is 11.7. The molecule has 19 heavy (non-hydrogen) atoms. The predicted octanol–water partition coefficient (Wildman–Crippen LogP) is 2.32.